The second kappa shape index (κ2) is 17.0. The van der Waals surface area contributed by atoms with Gasteiger partial charge in [-0.2, -0.15) is 4.67 Å². The SMILES string of the molecule is C[C@H](c1ccccc1)N([C@H](C)c1ccccc1)p1oc2c(-c3ccc(-c4ccccc4)cc3)cc3ccccc3c2c2c(o1)c(-c1ccc(-c3ccccc3)cc1)cc1ccccc12. The van der Waals surface area contributed by atoms with Gasteiger partial charge in [-0.15, -0.1) is 0 Å². The molecule has 0 radical (unpaired) electrons. The third kappa shape index (κ3) is 7.29. The summed E-state index contributed by atoms with van der Waals surface area (Å²) in [7, 11) is -1.84. The Labute approximate surface area is 375 Å². The minimum Gasteiger partial charge on any atom is -0.407 e. The molecule has 0 spiro atoms. The number of hydrogen-bond acceptors (Lipinski definition) is 3. The van der Waals surface area contributed by atoms with Crippen molar-refractivity contribution in [3.05, 3.63) is 242 Å². The summed E-state index contributed by atoms with van der Waals surface area (Å²) >= 11 is 0. The Bertz CT molecular complexity index is 3210. The van der Waals surface area contributed by atoms with Gasteiger partial charge in [0.2, 0.25) is 0 Å². The molecule has 10 aromatic carbocycles. The van der Waals surface area contributed by atoms with Crippen molar-refractivity contribution < 1.29 is 8.39 Å². The summed E-state index contributed by atoms with van der Waals surface area (Å²) in [6.07, 6.45) is 0. The number of rotatable bonds is 9. The van der Waals surface area contributed by atoms with Crippen molar-refractivity contribution in [3.63, 3.8) is 0 Å². The highest BCUT2D eigenvalue weighted by molar-refractivity contribution is 7.39. The van der Waals surface area contributed by atoms with Gasteiger partial charge in [0.05, 0.1) is 0 Å². The molecule has 64 heavy (non-hydrogen) atoms. The van der Waals surface area contributed by atoms with Crippen LogP contribution in [0.4, 0.5) is 0 Å². The monoisotopic (exact) mass is 843 g/mol. The molecule has 0 aliphatic carbocycles. The predicted molar refractivity (Wildman–Crippen MR) is 271 cm³/mol. The van der Waals surface area contributed by atoms with Crippen molar-refractivity contribution >= 4 is 51.6 Å². The molecule has 1 heterocycles. The molecule has 0 amide bonds. The van der Waals surface area contributed by atoms with E-state index in [-0.39, 0.29) is 12.1 Å². The zero-order valence-electron chi connectivity index (χ0n) is 35.8. The number of fused-ring (bicyclic) bond motifs is 7. The average Bonchev–Trinajstić information content (AvgIpc) is 3.55. The number of benzene rings is 10. The van der Waals surface area contributed by atoms with Gasteiger partial charge in [0.15, 0.2) is 11.2 Å². The summed E-state index contributed by atoms with van der Waals surface area (Å²) in [5.41, 5.74) is 12.9. The van der Waals surface area contributed by atoms with E-state index in [2.05, 4.69) is 249 Å². The lowest BCUT2D eigenvalue weighted by atomic mass is 9.91. The quantitative estimate of drug-likeness (QED) is 0.145. The van der Waals surface area contributed by atoms with E-state index < -0.39 is 8.16 Å². The summed E-state index contributed by atoms with van der Waals surface area (Å²) in [4.78, 5) is 0. The van der Waals surface area contributed by atoms with Gasteiger partial charge in [-0.3, -0.25) is 0 Å². The second-order valence-corrected chi connectivity index (χ2v) is 17.9. The van der Waals surface area contributed by atoms with Crippen LogP contribution in [-0.2, 0) is 0 Å². The van der Waals surface area contributed by atoms with Crippen molar-refractivity contribution in [2.45, 2.75) is 25.9 Å². The highest BCUT2D eigenvalue weighted by atomic mass is 31.1. The third-order valence-electron chi connectivity index (χ3n) is 12.7. The van der Waals surface area contributed by atoms with Crippen LogP contribution in [0.25, 0.3) is 88.0 Å². The van der Waals surface area contributed by atoms with E-state index in [1.165, 1.54) is 33.4 Å². The summed E-state index contributed by atoms with van der Waals surface area (Å²) in [5.74, 6) is 0. The van der Waals surface area contributed by atoms with E-state index in [9.17, 15) is 0 Å². The fourth-order valence-corrected chi connectivity index (χ4v) is 11.1. The van der Waals surface area contributed by atoms with Crippen molar-refractivity contribution in [2.24, 2.45) is 0 Å². The van der Waals surface area contributed by atoms with Gasteiger partial charge < -0.3 is 8.39 Å². The molecule has 0 bridgehead atoms. The van der Waals surface area contributed by atoms with Crippen molar-refractivity contribution in [3.8, 4) is 44.5 Å². The van der Waals surface area contributed by atoms with E-state index in [4.69, 9.17) is 8.39 Å². The molecule has 11 rings (SSSR count). The smallest absolute Gasteiger partial charge is 0.310 e. The van der Waals surface area contributed by atoms with E-state index in [0.717, 1.165) is 65.7 Å². The zero-order valence-corrected chi connectivity index (χ0v) is 36.7. The van der Waals surface area contributed by atoms with E-state index in [1.807, 2.05) is 0 Å². The van der Waals surface area contributed by atoms with Gasteiger partial charge in [-0.1, -0.05) is 218 Å². The first-order chi connectivity index (χ1) is 31.6. The highest BCUT2D eigenvalue weighted by Gasteiger charge is 2.30. The van der Waals surface area contributed by atoms with E-state index >= 15 is 0 Å². The standard InChI is InChI=1S/C60H46NO2P/c1-41(43-19-7-3-8-20-43)61(42(2)44-21-9-4-10-22-44)64-62-59-55(49-35-31-47(32-36-49)45-23-11-5-12-24-45)39-51-27-15-17-29-53(51)57(59)58-54-30-18-16-28-52(54)40-56(60(58)63-64)50-37-33-48(34-38-50)46-25-13-6-14-26-46/h3-42H,1-2H3/t41-,42-/m1/s1. The molecular weight excluding hydrogens is 798 g/mol. The van der Waals surface area contributed by atoms with Crippen LogP contribution in [0.15, 0.2) is 239 Å². The minimum absolute atomic E-state index is 0.0735. The first-order valence-electron chi connectivity index (χ1n) is 22.1. The van der Waals surface area contributed by atoms with Crippen LogP contribution in [0.2, 0.25) is 0 Å². The van der Waals surface area contributed by atoms with Crippen molar-refractivity contribution in [1.82, 2.24) is 0 Å². The van der Waals surface area contributed by atoms with Crippen molar-refractivity contribution in [2.75, 3.05) is 4.67 Å². The molecular formula is C60H46NO2P. The Morgan fingerprint density at radius 3 is 1.05 bits per heavy atom. The molecule has 3 nitrogen and oxygen atoms in total. The van der Waals surface area contributed by atoms with Gasteiger partial charge in [-0.05, 0) is 92.0 Å². The van der Waals surface area contributed by atoms with Crippen LogP contribution in [-0.4, -0.2) is 0 Å². The molecule has 0 unspecified atom stereocenters. The molecule has 0 saturated heterocycles. The lowest BCUT2D eigenvalue weighted by Crippen LogP contribution is -2.27. The second-order valence-electron chi connectivity index (χ2n) is 16.6. The first-order valence-corrected chi connectivity index (χ1v) is 23.2. The van der Waals surface area contributed by atoms with Crippen molar-refractivity contribution in [1.29, 1.82) is 0 Å². The molecule has 308 valence electrons. The fraction of sp³-hybridized carbons (Fsp3) is 0.0667. The first kappa shape index (κ1) is 39.4. The maximum absolute atomic E-state index is 7.78. The van der Waals surface area contributed by atoms with Gasteiger partial charge >= 0.3 is 8.16 Å². The molecule has 4 heteroatoms. The average molecular weight is 844 g/mol. The Morgan fingerprint density at radius 2 is 0.656 bits per heavy atom. The van der Waals surface area contributed by atoms with Gasteiger partial charge in [0.25, 0.3) is 0 Å². The Balaban J connectivity index is 1.29. The summed E-state index contributed by atoms with van der Waals surface area (Å²) in [6, 6.07) is 82.5. The molecule has 0 N–H and O–H groups in total. The largest absolute Gasteiger partial charge is 0.407 e. The molecule has 2 atom stereocenters. The minimum atomic E-state index is -1.84. The maximum Gasteiger partial charge on any atom is 0.310 e. The lowest BCUT2D eigenvalue weighted by Gasteiger charge is -2.32. The third-order valence-corrected chi connectivity index (χ3v) is 14.5. The predicted octanol–water partition coefficient (Wildman–Crippen LogP) is 17.7. The molecule has 1 aromatic heterocycles. The van der Waals surface area contributed by atoms with Gasteiger partial charge in [0.1, 0.15) is 0 Å². The summed E-state index contributed by atoms with van der Waals surface area (Å²) in [6.45, 7) is 4.56. The normalized spacial score (nSPS) is 12.5. The van der Waals surface area contributed by atoms with Crippen LogP contribution >= 0.6 is 8.16 Å². The van der Waals surface area contributed by atoms with Gasteiger partial charge in [-0.25, -0.2) is 0 Å². The molecule has 0 fully saturated rings. The van der Waals surface area contributed by atoms with Crippen LogP contribution in [0.1, 0.15) is 37.1 Å². The van der Waals surface area contributed by atoms with E-state index in [0.29, 0.717) is 0 Å². The van der Waals surface area contributed by atoms with Crippen LogP contribution < -0.4 is 4.67 Å². The van der Waals surface area contributed by atoms with Crippen LogP contribution in [0, 0.1) is 0 Å². The Kier molecular flexibility index (Phi) is 10.5. The number of nitrogens with zero attached hydrogens (tertiary/aromatic N) is 1. The fourth-order valence-electron chi connectivity index (χ4n) is 9.37. The van der Waals surface area contributed by atoms with Crippen LogP contribution in [0.5, 0.6) is 0 Å². The van der Waals surface area contributed by atoms with E-state index in [1.54, 1.807) is 0 Å². The molecule has 0 saturated carbocycles. The van der Waals surface area contributed by atoms with Gasteiger partial charge in [0, 0.05) is 34.0 Å². The molecule has 11 aromatic rings. The number of hydrogen-bond donors (Lipinski definition) is 0. The Morgan fingerprint density at radius 1 is 0.344 bits per heavy atom. The highest BCUT2D eigenvalue weighted by Crippen LogP contribution is 2.51. The topological polar surface area (TPSA) is 29.5 Å². The molecule has 0 aliphatic rings. The lowest BCUT2D eigenvalue weighted by molar-refractivity contribution is 0.559. The Hall–Kier alpha value is -7.42. The zero-order chi connectivity index (χ0) is 43.0. The summed E-state index contributed by atoms with van der Waals surface area (Å²) < 4.78 is 18.0. The van der Waals surface area contributed by atoms with Crippen LogP contribution in [0.3, 0.4) is 0 Å². The summed E-state index contributed by atoms with van der Waals surface area (Å²) in [5, 5.41) is 6.59. The maximum atomic E-state index is 7.78. The molecule has 0 aliphatic heterocycles.